The van der Waals surface area contributed by atoms with Crippen molar-refractivity contribution in [3.8, 4) is 0 Å². The molecule has 1 fully saturated rings. The first-order valence-electron chi connectivity index (χ1n) is 11.4. The molecule has 0 aliphatic heterocycles. The van der Waals surface area contributed by atoms with E-state index < -0.39 is 11.7 Å². The molecular formula is C24H31F3N6. The molecule has 4 rings (SSSR count). The van der Waals surface area contributed by atoms with Gasteiger partial charge in [0, 0.05) is 18.2 Å². The van der Waals surface area contributed by atoms with Crippen molar-refractivity contribution in [1.82, 2.24) is 19.5 Å². The van der Waals surface area contributed by atoms with Crippen LogP contribution in [0.4, 0.5) is 24.8 Å². The van der Waals surface area contributed by atoms with Crippen molar-refractivity contribution < 1.29 is 13.2 Å². The van der Waals surface area contributed by atoms with Crippen LogP contribution in [0.15, 0.2) is 30.5 Å². The molecule has 0 radical (unpaired) electrons. The van der Waals surface area contributed by atoms with Crippen molar-refractivity contribution in [2.24, 2.45) is 17.1 Å². The summed E-state index contributed by atoms with van der Waals surface area (Å²) in [4.78, 5) is 14.0. The summed E-state index contributed by atoms with van der Waals surface area (Å²) >= 11 is 0. The molecule has 1 saturated carbocycles. The highest BCUT2D eigenvalue weighted by Crippen LogP contribution is 2.37. The minimum atomic E-state index is -4.41. The fourth-order valence-electron chi connectivity index (χ4n) is 4.46. The van der Waals surface area contributed by atoms with Gasteiger partial charge in [0.05, 0.1) is 11.8 Å². The summed E-state index contributed by atoms with van der Waals surface area (Å²) in [6.07, 6.45) is 1.86. The van der Waals surface area contributed by atoms with Gasteiger partial charge in [0.1, 0.15) is 11.3 Å². The Morgan fingerprint density at radius 3 is 2.45 bits per heavy atom. The van der Waals surface area contributed by atoms with Crippen LogP contribution in [0.5, 0.6) is 0 Å². The molecule has 3 aromatic rings. The molecule has 2 heterocycles. The number of halogens is 3. The fourth-order valence-corrected chi connectivity index (χ4v) is 4.46. The summed E-state index contributed by atoms with van der Waals surface area (Å²) in [6.45, 7) is 7.07. The summed E-state index contributed by atoms with van der Waals surface area (Å²) in [7, 11) is 0. The van der Waals surface area contributed by atoms with Crippen molar-refractivity contribution in [2.45, 2.75) is 65.1 Å². The van der Waals surface area contributed by atoms with Gasteiger partial charge in [-0.2, -0.15) is 13.2 Å². The van der Waals surface area contributed by atoms with Crippen LogP contribution in [0.3, 0.4) is 0 Å². The SMILES string of the molecule is CC(C)(C)Cc1ncc2nc(Nc3cccc(C(F)(F)F)c3)n(C3CCC(CN)CC3)c2n1. The molecule has 0 unspecified atom stereocenters. The second-order valence-electron chi connectivity index (χ2n) is 10.2. The maximum atomic E-state index is 13.2. The number of nitrogens with one attached hydrogen (secondary N) is 1. The molecule has 3 N–H and O–H groups in total. The number of alkyl halides is 3. The van der Waals surface area contributed by atoms with Crippen LogP contribution in [-0.4, -0.2) is 26.1 Å². The summed E-state index contributed by atoms with van der Waals surface area (Å²) < 4.78 is 41.7. The number of imidazole rings is 1. The normalized spacial score (nSPS) is 19.7. The number of hydrogen-bond acceptors (Lipinski definition) is 5. The number of fused-ring (bicyclic) bond motifs is 1. The van der Waals surface area contributed by atoms with Crippen LogP contribution >= 0.6 is 0 Å². The lowest BCUT2D eigenvalue weighted by Crippen LogP contribution is -2.24. The highest BCUT2D eigenvalue weighted by molar-refractivity contribution is 5.75. The first-order chi connectivity index (χ1) is 15.5. The van der Waals surface area contributed by atoms with Crippen molar-refractivity contribution in [3.05, 3.63) is 41.9 Å². The molecule has 0 amide bonds. The number of hydrogen-bond donors (Lipinski definition) is 2. The average molecular weight is 461 g/mol. The third-order valence-electron chi connectivity index (χ3n) is 6.13. The number of anilines is 2. The highest BCUT2D eigenvalue weighted by atomic mass is 19.4. The van der Waals surface area contributed by atoms with Crippen LogP contribution < -0.4 is 11.1 Å². The van der Waals surface area contributed by atoms with Gasteiger partial charge in [-0.15, -0.1) is 0 Å². The highest BCUT2D eigenvalue weighted by Gasteiger charge is 2.31. The lowest BCUT2D eigenvalue weighted by Gasteiger charge is -2.30. The topological polar surface area (TPSA) is 81.7 Å². The summed E-state index contributed by atoms with van der Waals surface area (Å²) in [5.41, 5.74) is 6.87. The molecule has 1 aliphatic carbocycles. The van der Waals surface area contributed by atoms with Gasteiger partial charge in [-0.05, 0) is 61.8 Å². The number of benzene rings is 1. The second-order valence-corrected chi connectivity index (χ2v) is 10.2. The van der Waals surface area contributed by atoms with Crippen LogP contribution in [0.2, 0.25) is 0 Å². The van der Waals surface area contributed by atoms with Gasteiger partial charge >= 0.3 is 6.18 Å². The number of nitrogens with zero attached hydrogens (tertiary/aromatic N) is 4. The van der Waals surface area contributed by atoms with E-state index in [9.17, 15) is 13.2 Å². The van der Waals surface area contributed by atoms with E-state index in [-0.39, 0.29) is 11.5 Å². The van der Waals surface area contributed by atoms with E-state index in [1.807, 2.05) is 0 Å². The molecule has 1 aromatic carbocycles. The number of nitrogens with two attached hydrogens (primary N) is 1. The van der Waals surface area contributed by atoms with E-state index in [0.29, 0.717) is 36.0 Å². The molecule has 9 heteroatoms. The van der Waals surface area contributed by atoms with Gasteiger partial charge in [-0.1, -0.05) is 26.8 Å². The van der Waals surface area contributed by atoms with Gasteiger partial charge < -0.3 is 11.1 Å². The molecule has 2 aromatic heterocycles. The minimum Gasteiger partial charge on any atom is -0.330 e. The summed E-state index contributed by atoms with van der Waals surface area (Å²) in [5, 5.41) is 3.12. The van der Waals surface area contributed by atoms with E-state index in [1.54, 1.807) is 12.3 Å². The smallest absolute Gasteiger partial charge is 0.330 e. The van der Waals surface area contributed by atoms with Gasteiger partial charge in [0.2, 0.25) is 5.95 Å². The first-order valence-corrected chi connectivity index (χ1v) is 11.4. The van der Waals surface area contributed by atoms with Crippen molar-refractivity contribution in [1.29, 1.82) is 0 Å². The van der Waals surface area contributed by atoms with Crippen molar-refractivity contribution in [2.75, 3.05) is 11.9 Å². The molecule has 0 bridgehead atoms. The minimum absolute atomic E-state index is 0.0246. The molecule has 6 nitrogen and oxygen atoms in total. The van der Waals surface area contributed by atoms with Crippen LogP contribution in [0.25, 0.3) is 11.2 Å². The Balaban J connectivity index is 1.75. The predicted octanol–water partition coefficient (Wildman–Crippen LogP) is 5.87. The molecule has 1 aliphatic rings. The zero-order valence-electron chi connectivity index (χ0n) is 19.3. The Bertz CT molecular complexity index is 1110. The maximum Gasteiger partial charge on any atom is 0.416 e. The van der Waals surface area contributed by atoms with Gasteiger partial charge in [-0.3, -0.25) is 4.57 Å². The average Bonchev–Trinajstić information content (AvgIpc) is 3.09. The molecular weight excluding hydrogens is 429 g/mol. The molecule has 33 heavy (non-hydrogen) atoms. The molecule has 0 saturated heterocycles. The van der Waals surface area contributed by atoms with Gasteiger partial charge in [0.25, 0.3) is 0 Å². The number of rotatable bonds is 5. The van der Waals surface area contributed by atoms with Crippen molar-refractivity contribution >= 4 is 22.8 Å². The van der Waals surface area contributed by atoms with Gasteiger partial charge in [-0.25, -0.2) is 15.0 Å². The monoisotopic (exact) mass is 460 g/mol. The van der Waals surface area contributed by atoms with Crippen LogP contribution in [0, 0.1) is 11.3 Å². The molecule has 0 atom stereocenters. The zero-order valence-corrected chi connectivity index (χ0v) is 19.3. The Morgan fingerprint density at radius 1 is 1.09 bits per heavy atom. The Kier molecular flexibility index (Phi) is 6.35. The Morgan fingerprint density at radius 2 is 1.82 bits per heavy atom. The van der Waals surface area contributed by atoms with E-state index in [4.69, 9.17) is 10.7 Å². The van der Waals surface area contributed by atoms with Crippen LogP contribution in [0.1, 0.15) is 63.9 Å². The molecule has 0 spiro atoms. The standard InChI is InChI=1S/C24H31F3N6/c1-23(2,3)12-20-29-14-19-21(32-20)33(18-9-7-15(13-28)8-10-18)22(31-19)30-17-6-4-5-16(11-17)24(25,26)27/h4-6,11,14-15,18H,7-10,12-13,28H2,1-3H3,(H,30,31). The maximum absolute atomic E-state index is 13.2. The van der Waals surface area contributed by atoms with E-state index in [2.05, 4.69) is 40.6 Å². The third-order valence-corrected chi connectivity index (χ3v) is 6.13. The third kappa shape index (κ3) is 5.46. The quantitative estimate of drug-likeness (QED) is 0.498. The number of aromatic nitrogens is 4. The molecule has 178 valence electrons. The van der Waals surface area contributed by atoms with Crippen molar-refractivity contribution in [3.63, 3.8) is 0 Å². The second kappa shape index (κ2) is 8.93. The van der Waals surface area contributed by atoms with E-state index in [1.165, 1.54) is 6.07 Å². The van der Waals surface area contributed by atoms with Gasteiger partial charge in [0.15, 0.2) is 5.65 Å². The van der Waals surface area contributed by atoms with E-state index in [0.717, 1.165) is 49.3 Å². The largest absolute Gasteiger partial charge is 0.416 e. The van der Waals surface area contributed by atoms with Crippen LogP contribution in [-0.2, 0) is 12.6 Å². The Labute approximate surface area is 191 Å². The fraction of sp³-hybridized carbons (Fsp3) is 0.542. The lowest BCUT2D eigenvalue weighted by molar-refractivity contribution is -0.137. The summed E-state index contributed by atoms with van der Waals surface area (Å²) in [6, 6.07) is 5.31. The predicted molar refractivity (Wildman–Crippen MR) is 123 cm³/mol. The van der Waals surface area contributed by atoms with E-state index >= 15 is 0 Å². The Hall–Kier alpha value is -2.68. The lowest BCUT2D eigenvalue weighted by atomic mass is 9.86. The summed E-state index contributed by atoms with van der Waals surface area (Å²) in [5.74, 6) is 1.72. The first kappa shape index (κ1) is 23.5. The zero-order chi connectivity index (χ0) is 23.8.